The fourth-order valence-corrected chi connectivity index (χ4v) is 11.4. The van der Waals surface area contributed by atoms with Crippen LogP contribution in [-0.4, -0.2) is 110 Å². The number of carbonyl (C=O) groups excluding carboxylic acids is 3. The van der Waals surface area contributed by atoms with Crippen molar-refractivity contribution in [2.75, 3.05) is 58.9 Å². The number of aromatic nitrogens is 4. The van der Waals surface area contributed by atoms with Crippen LogP contribution < -0.4 is 0 Å². The molecule has 3 aliphatic heterocycles. The van der Waals surface area contributed by atoms with Crippen LogP contribution in [0.3, 0.4) is 0 Å². The van der Waals surface area contributed by atoms with E-state index in [0.29, 0.717) is 41.6 Å². The van der Waals surface area contributed by atoms with Gasteiger partial charge < -0.3 is 13.7 Å². The normalized spacial score (nSPS) is 15.2. The number of azide groups is 1. The number of hydrogen-bond acceptors (Lipinski definition) is 8. The quantitative estimate of drug-likeness (QED) is 0.0457. The van der Waals surface area contributed by atoms with Crippen molar-refractivity contribution in [1.29, 1.82) is 0 Å². The van der Waals surface area contributed by atoms with Gasteiger partial charge in [0.2, 0.25) is 0 Å². The highest BCUT2D eigenvalue weighted by atomic mass is 35.5. The van der Waals surface area contributed by atoms with E-state index in [1.807, 2.05) is 89.3 Å². The van der Waals surface area contributed by atoms with Gasteiger partial charge in [-0.05, 0) is 198 Å². The molecule has 15 heteroatoms. The van der Waals surface area contributed by atoms with Crippen molar-refractivity contribution in [3.8, 4) is 28.3 Å². The number of Topliss-reactive ketones (excluding diaryl/α,β-unsaturated/α-hetero) is 3. The first kappa shape index (κ1) is 56.3. The Morgan fingerprint density at radius 3 is 1.36 bits per heavy atom. The van der Waals surface area contributed by atoms with Crippen molar-refractivity contribution in [3.63, 3.8) is 0 Å². The molecule has 10 rings (SSSR count). The van der Waals surface area contributed by atoms with E-state index in [1.54, 1.807) is 28.8 Å². The summed E-state index contributed by atoms with van der Waals surface area (Å²) in [5.74, 6) is 0.128. The maximum absolute atomic E-state index is 14.3. The number of hydrogen-bond donors (Lipinski definition) is 0. The lowest BCUT2D eigenvalue weighted by atomic mass is 10.1. The third kappa shape index (κ3) is 14.0. The first-order chi connectivity index (χ1) is 37.2. The molecule has 0 aliphatic carbocycles. The van der Waals surface area contributed by atoms with Gasteiger partial charge in [-0.1, -0.05) is 66.3 Å². The summed E-state index contributed by atoms with van der Waals surface area (Å²) in [6.45, 7) is 19.4. The molecule has 0 spiro atoms. The van der Waals surface area contributed by atoms with Gasteiger partial charge in [-0.3, -0.25) is 34.1 Å². The Kier molecular flexibility index (Phi) is 19.3. The monoisotopic (exact) mass is 1060 g/mol. The van der Waals surface area contributed by atoms with Crippen molar-refractivity contribution in [1.82, 2.24) is 33.4 Å². The minimum Gasteiger partial charge on any atom is -0.318 e. The Hall–Kier alpha value is -6.93. The summed E-state index contributed by atoms with van der Waals surface area (Å²) in [7, 11) is 0. The first-order valence-corrected chi connectivity index (χ1v) is 27.5. The van der Waals surface area contributed by atoms with Gasteiger partial charge in [-0.15, -0.1) is 0 Å². The van der Waals surface area contributed by atoms with Crippen LogP contribution in [-0.2, 0) is 0 Å². The molecule has 0 bridgehead atoms. The minimum absolute atomic E-state index is 0.102. The van der Waals surface area contributed by atoms with Crippen LogP contribution in [0, 0.1) is 47.4 Å². The molecule has 0 amide bonds. The van der Waals surface area contributed by atoms with E-state index in [0.717, 1.165) is 120 Å². The highest BCUT2D eigenvalue weighted by Crippen LogP contribution is 2.28. The molecule has 3 saturated heterocycles. The molecule has 0 saturated carbocycles. The Balaban J connectivity index is 0.000000153. The van der Waals surface area contributed by atoms with Crippen molar-refractivity contribution in [3.05, 3.63) is 181 Å². The van der Waals surface area contributed by atoms with Gasteiger partial charge >= 0.3 is 0 Å². The molecule has 0 atom stereocenters. The Bertz CT molecular complexity index is 3210. The fraction of sp³-hybridized carbons (Fsp3) is 0.387. The van der Waals surface area contributed by atoms with E-state index in [1.165, 1.54) is 51.0 Å². The van der Waals surface area contributed by atoms with E-state index in [9.17, 15) is 18.8 Å². The first-order valence-electron chi connectivity index (χ1n) is 27.2. The smallest absolute Gasteiger partial charge is 0.178 e. The SMILES string of the molecule is Cc1cc(C(=O)CN2CCCCC2)c(C)n1-c1ccc(-c2ccccn2)cc1.Cc1cc(C(=O)CN2CCCCC2)c(C)n1-c1ccc(Cl)cc1F.Cc1cc(C(=O)CN2CCCCC2)c(C)n1-c1ccc(N=[N+]=[N-])cc1. The van der Waals surface area contributed by atoms with Gasteiger partial charge in [0.15, 0.2) is 17.3 Å². The third-order valence-corrected chi connectivity index (χ3v) is 15.4. The number of likely N-dealkylation sites (tertiary alicyclic amines) is 3. The number of halogens is 2. The van der Waals surface area contributed by atoms with Gasteiger partial charge in [0, 0.05) is 89.6 Å². The Labute approximate surface area is 457 Å². The molecule has 13 nitrogen and oxygen atoms in total. The predicted octanol–water partition coefficient (Wildman–Crippen LogP) is 14.1. The van der Waals surface area contributed by atoms with E-state index >= 15 is 0 Å². The molecular weight excluding hydrogens is 987 g/mol. The molecule has 7 aromatic rings. The summed E-state index contributed by atoms with van der Waals surface area (Å²) in [6.07, 6.45) is 12.7. The molecule has 3 aliphatic rings. The molecule has 3 fully saturated rings. The standard InChI is InChI=1S/C24H27N3O.C19H22ClFN2O.C19H23N5O/c1-18-16-22(24(28)17-26-14-6-3-7-15-26)19(2)27(18)21-11-9-20(10-12-21)23-8-4-5-13-25-23;1-13-10-16(19(24)12-22-8-4-3-5-9-22)14(2)23(13)18-7-6-15(20)11-17(18)21;1-14-12-18(19(25)13-23-10-4-3-5-11-23)15(2)24(14)17-8-6-16(7-9-17)21-22-20/h4-5,8-13,16H,3,6-7,14-15,17H2,1-2H3;6-7,10-11H,3-5,8-9,12H2,1-2H3;6-9,12H,3-5,10-11,13H2,1-2H3. The summed E-state index contributed by atoms with van der Waals surface area (Å²) < 4.78 is 20.3. The van der Waals surface area contributed by atoms with E-state index in [-0.39, 0.29) is 23.2 Å². The Morgan fingerprint density at radius 2 is 0.961 bits per heavy atom. The van der Waals surface area contributed by atoms with Crippen LogP contribution in [0.5, 0.6) is 0 Å². The van der Waals surface area contributed by atoms with Gasteiger partial charge in [-0.25, -0.2) is 4.39 Å². The summed E-state index contributed by atoms with van der Waals surface area (Å²) in [5, 5.41) is 3.96. The van der Waals surface area contributed by atoms with E-state index in [2.05, 4.69) is 70.0 Å². The minimum atomic E-state index is -0.390. The van der Waals surface area contributed by atoms with Crippen LogP contribution in [0.25, 0.3) is 38.8 Å². The van der Waals surface area contributed by atoms with E-state index in [4.69, 9.17) is 17.1 Å². The van der Waals surface area contributed by atoms with Gasteiger partial charge in [0.05, 0.1) is 31.0 Å². The number of benzene rings is 3. The summed E-state index contributed by atoms with van der Waals surface area (Å²) >= 11 is 5.84. The summed E-state index contributed by atoms with van der Waals surface area (Å²) in [6, 6.07) is 32.2. The van der Waals surface area contributed by atoms with Crippen molar-refractivity contribution in [2.24, 2.45) is 5.11 Å². The molecule has 0 N–H and O–H groups in total. The van der Waals surface area contributed by atoms with Gasteiger partial charge in [-0.2, -0.15) is 0 Å². The lowest BCUT2D eigenvalue weighted by Gasteiger charge is -2.25. The van der Waals surface area contributed by atoms with Crippen LogP contribution in [0.1, 0.15) is 123 Å². The number of rotatable bonds is 14. The second-order valence-electron chi connectivity index (χ2n) is 20.7. The average molecular weight is 1060 g/mol. The summed E-state index contributed by atoms with van der Waals surface area (Å²) in [5.41, 5.74) is 21.6. The van der Waals surface area contributed by atoms with Gasteiger partial charge in [0.1, 0.15) is 5.82 Å². The average Bonchev–Trinajstić information content (AvgIpc) is 4.07. The van der Waals surface area contributed by atoms with Crippen molar-refractivity contribution in [2.45, 2.75) is 99.3 Å². The second-order valence-corrected chi connectivity index (χ2v) is 21.1. The topological polar surface area (TPSA) is 137 Å². The molecule has 7 heterocycles. The zero-order valence-electron chi connectivity index (χ0n) is 45.6. The third-order valence-electron chi connectivity index (χ3n) is 15.1. The molecule has 3 aromatic carbocycles. The number of ketones is 3. The summed E-state index contributed by atoms with van der Waals surface area (Å²) in [4.78, 5) is 52.3. The zero-order valence-corrected chi connectivity index (χ0v) is 46.3. The van der Waals surface area contributed by atoms with Crippen LogP contribution >= 0.6 is 11.6 Å². The van der Waals surface area contributed by atoms with Crippen molar-refractivity contribution < 1.29 is 18.8 Å². The maximum atomic E-state index is 14.3. The molecule has 77 heavy (non-hydrogen) atoms. The molecule has 0 unspecified atom stereocenters. The number of piperidine rings is 3. The second kappa shape index (κ2) is 26.4. The van der Waals surface area contributed by atoms with Crippen LogP contribution in [0.4, 0.5) is 10.1 Å². The Morgan fingerprint density at radius 1 is 0.545 bits per heavy atom. The predicted molar refractivity (Wildman–Crippen MR) is 307 cm³/mol. The molecule has 402 valence electrons. The van der Waals surface area contributed by atoms with Crippen LogP contribution in [0.15, 0.2) is 114 Å². The molecule has 4 aromatic heterocycles. The zero-order chi connectivity index (χ0) is 54.6. The lowest BCUT2D eigenvalue weighted by Crippen LogP contribution is -2.34. The fourth-order valence-electron chi connectivity index (χ4n) is 11.2. The molecule has 0 radical (unpaired) electrons. The highest BCUT2D eigenvalue weighted by molar-refractivity contribution is 6.30. The maximum Gasteiger partial charge on any atom is 0.178 e. The largest absolute Gasteiger partial charge is 0.318 e. The number of pyridine rings is 1. The lowest BCUT2D eigenvalue weighted by molar-refractivity contribution is 0.0907. The highest BCUT2D eigenvalue weighted by Gasteiger charge is 2.24. The van der Waals surface area contributed by atoms with E-state index < -0.39 is 0 Å². The van der Waals surface area contributed by atoms with Gasteiger partial charge in [0.25, 0.3) is 0 Å². The number of carbonyl (C=O) groups is 3. The molecular formula is C62H72ClFN10O3. The van der Waals surface area contributed by atoms with Crippen molar-refractivity contribution >= 4 is 34.6 Å². The van der Waals surface area contributed by atoms with Crippen LogP contribution in [0.2, 0.25) is 5.02 Å². The number of aryl methyl sites for hydroxylation is 3. The number of nitrogens with zero attached hydrogens (tertiary/aromatic N) is 10.